The summed E-state index contributed by atoms with van der Waals surface area (Å²) < 4.78 is 0. The Bertz CT molecular complexity index is 275. The van der Waals surface area contributed by atoms with Gasteiger partial charge in [0.05, 0.1) is 0 Å². The van der Waals surface area contributed by atoms with E-state index >= 15 is 0 Å². The maximum absolute atomic E-state index is 3.49. The number of anilines is 1. The second kappa shape index (κ2) is 4.44. The number of piperazine rings is 1. The van der Waals surface area contributed by atoms with Crippen LogP contribution in [0.15, 0.2) is 24.3 Å². The first kappa shape index (κ1) is 9.49. The van der Waals surface area contributed by atoms with Gasteiger partial charge >= 0.3 is 0 Å². The minimum Gasteiger partial charge on any atom is -0.388 e. The van der Waals surface area contributed by atoms with E-state index < -0.39 is 0 Å². The van der Waals surface area contributed by atoms with Crippen molar-refractivity contribution in [3.63, 3.8) is 0 Å². The molecule has 3 N–H and O–H groups in total. The summed E-state index contributed by atoms with van der Waals surface area (Å²) in [6.07, 6.45) is 0. The summed E-state index contributed by atoms with van der Waals surface area (Å²) >= 11 is 0. The molecule has 76 valence electrons. The highest BCUT2D eigenvalue weighted by Crippen LogP contribution is 2.16. The maximum Gasteiger partial charge on any atom is 0.0447 e. The number of hydrogen-bond acceptors (Lipinski definition) is 3. The van der Waals surface area contributed by atoms with Gasteiger partial charge in [-0.05, 0) is 17.7 Å². The van der Waals surface area contributed by atoms with Gasteiger partial charge in [-0.25, -0.2) is 0 Å². The first-order chi connectivity index (χ1) is 6.90. The summed E-state index contributed by atoms with van der Waals surface area (Å²) in [5.74, 6) is 0. The number of rotatable bonds is 2. The molecule has 0 aliphatic carbocycles. The summed E-state index contributed by atoms with van der Waals surface area (Å²) in [6.45, 7) is 3.16. The predicted octanol–water partition coefficient (Wildman–Crippen LogP) is 0.962. The van der Waals surface area contributed by atoms with Gasteiger partial charge in [-0.2, -0.15) is 0 Å². The average Bonchev–Trinajstić information content (AvgIpc) is 2.30. The first-order valence-corrected chi connectivity index (χ1v) is 5.12. The minimum atomic E-state index is 0.467. The molecule has 2 rings (SSSR count). The second-order valence-corrected chi connectivity index (χ2v) is 3.58. The Hall–Kier alpha value is -1.06. The van der Waals surface area contributed by atoms with E-state index in [1.165, 1.54) is 5.56 Å². The van der Waals surface area contributed by atoms with E-state index in [2.05, 4.69) is 40.2 Å². The molecule has 1 aliphatic heterocycles. The summed E-state index contributed by atoms with van der Waals surface area (Å²) in [6, 6.07) is 9.05. The molecule has 1 aromatic rings. The van der Waals surface area contributed by atoms with E-state index in [1.807, 2.05) is 7.05 Å². The van der Waals surface area contributed by atoms with Crippen LogP contribution in [0.2, 0.25) is 0 Å². The van der Waals surface area contributed by atoms with Crippen LogP contribution in [0.5, 0.6) is 0 Å². The van der Waals surface area contributed by atoms with E-state index in [0.29, 0.717) is 6.04 Å². The first-order valence-electron chi connectivity index (χ1n) is 5.12. The molecule has 1 heterocycles. The van der Waals surface area contributed by atoms with Gasteiger partial charge in [0.25, 0.3) is 0 Å². The van der Waals surface area contributed by atoms with Crippen LogP contribution < -0.4 is 16.0 Å². The van der Waals surface area contributed by atoms with Crippen molar-refractivity contribution in [1.82, 2.24) is 10.6 Å². The molecular weight excluding hydrogens is 174 g/mol. The molecule has 1 aromatic carbocycles. The average molecular weight is 191 g/mol. The Morgan fingerprint density at radius 3 is 2.57 bits per heavy atom. The Labute approximate surface area is 84.9 Å². The van der Waals surface area contributed by atoms with Crippen LogP contribution in [0.3, 0.4) is 0 Å². The van der Waals surface area contributed by atoms with Crippen molar-refractivity contribution in [2.45, 2.75) is 6.04 Å². The SMILES string of the molecule is CNc1ccc(C2CNCCN2)cc1. The van der Waals surface area contributed by atoms with Gasteiger partial charge in [-0.3, -0.25) is 0 Å². The lowest BCUT2D eigenvalue weighted by atomic mass is 10.1. The molecule has 3 heteroatoms. The zero-order valence-electron chi connectivity index (χ0n) is 8.51. The Morgan fingerprint density at radius 1 is 1.21 bits per heavy atom. The number of hydrogen-bond donors (Lipinski definition) is 3. The highest BCUT2D eigenvalue weighted by atomic mass is 15.1. The van der Waals surface area contributed by atoms with E-state index in [9.17, 15) is 0 Å². The van der Waals surface area contributed by atoms with Crippen LogP contribution in [0.1, 0.15) is 11.6 Å². The summed E-state index contributed by atoms with van der Waals surface area (Å²) in [7, 11) is 1.94. The van der Waals surface area contributed by atoms with Gasteiger partial charge in [-0.15, -0.1) is 0 Å². The fraction of sp³-hybridized carbons (Fsp3) is 0.455. The van der Waals surface area contributed by atoms with E-state index in [4.69, 9.17) is 0 Å². The van der Waals surface area contributed by atoms with Gasteiger partial charge in [-0.1, -0.05) is 12.1 Å². The summed E-state index contributed by atoms with van der Waals surface area (Å²) in [5.41, 5.74) is 2.52. The van der Waals surface area contributed by atoms with Gasteiger partial charge in [0.2, 0.25) is 0 Å². The Kier molecular flexibility index (Phi) is 3.01. The largest absolute Gasteiger partial charge is 0.388 e. The molecule has 1 saturated heterocycles. The van der Waals surface area contributed by atoms with Crippen molar-refractivity contribution < 1.29 is 0 Å². The summed E-state index contributed by atoms with van der Waals surface area (Å²) in [5, 5.41) is 9.99. The zero-order valence-corrected chi connectivity index (χ0v) is 8.51. The Balaban J connectivity index is 2.07. The number of nitrogens with one attached hydrogen (secondary N) is 3. The molecule has 0 bridgehead atoms. The maximum atomic E-state index is 3.49. The molecule has 14 heavy (non-hydrogen) atoms. The third-order valence-corrected chi connectivity index (χ3v) is 2.64. The molecule has 1 fully saturated rings. The van der Waals surface area contributed by atoms with Gasteiger partial charge in [0.15, 0.2) is 0 Å². The van der Waals surface area contributed by atoms with Gasteiger partial charge < -0.3 is 16.0 Å². The van der Waals surface area contributed by atoms with Crippen LogP contribution in [-0.2, 0) is 0 Å². The number of benzene rings is 1. The fourth-order valence-electron chi connectivity index (χ4n) is 1.77. The molecule has 3 nitrogen and oxygen atoms in total. The lowest BCUT2D eigenvalue weighted by Gasteiger charge is -2.24. The highest BCUT2D eigenvalue weighted by Gasteiger charge is 2.13. The van der Waals surface area contributed by atoms with Crippen molar-refractivity contribution in [1.29, 1.82) is 0 Å². The molecule has 0 radical (unpaired) electrons. The summed E-state index contributed by atoms with van der Waals surface area (Å²) in [4.78, 5) is 0. The van der Waals surface area contributed by atoms with E-state index in [1.54, 1.807) is 0 Å². The van der Waals surface area contributed by atoms with E-state index in [-0.39, 0.29) is 0 Å². The third-order valence-electron chi connectivity index (χ3n) is 2.64. The monoisotopic (exact) mass is 191 g/mol. The molecule has 0 saturated carbocycles. The van der Waals surface area contributed by atoms with Gasteiger partial charge in [0.1, 0.15) is 0 Å². The van der Waals surface area contributed by atoms with Crippen molar-refractivity contribution in [3.8, 4) is 0 Å². The molecule has 0 amide bonds. The van der Waals surface area contributed by atoms with Crippen LogP contribution in [-0.4, -0.2) is 26.7 Å². The minimum absolute atomic E-state index is 0.467. The molecular formula is C11H17N3. The van der Waals surface area contributed by atoms with Crippen molar-refractivity contribution in [2.75, 3.05) is 32.0 Å². The molecule has 1 aliphatic rings. The Morgan fingerprint density at radius 2 is 2.00 bits per heavy atom. The molecule has 0 spiro atoms. The van der Waals surface area contributed by atoms with Gasteiger partial charge in [0, 0.05) is 38.4 Å². The lowest BCUT2D eigenvalue weighted by molar-refractivity contribution is 0.430. The zero-order chi connectivity index (χ0) is 9.80. The van der Waals surface area contributed by atoms with Crippen LogP contribution >= 0.6 is 0 Å². The van der Waals surface area contributed by atoms with Crippen LogP contribution in [0.25, 0.3) is 0 Å². The predicted molar refractivity (Wildman–Crippen MR) is 59.6 cm³/mol. The quantitative estimate of drug-likeness (QED) is 0.651. The van der Waals surface area contributed by atoms with Crippen molar-refractivity contribution >= 4 is 5.69 Å². The van der Waals surface area contributed by atoms with Crippen molar-refractivity contribution in [2.24, 2.45) is 0 Å². The molecule has 0 aromatic heterocycles. The standard InChI is InChI=1S/C11H17N3/c1-12-10-4-2-9(3-5-10)11-8-13-6-7-14-11/h2-5,11-14H,6-8H2,1H3. The normalized spacial score (nSPS) is 21.9. The topological polar surface area (TPSA) is 36.1 Å². The molecule has 1 unspecified atom stereocenters. The fourth-order valence-corrected chi connectivity index (χ4v) is 1.77. The smallest absolute Gasteiger partial charge is 0.0447 e. The van der Waals surface area contributed by atoms with E-state index in [0.717, 1.165) is 25.3 Å². The van der Waals surface area contributed by atoms with Crippen LogP contribution in [0, 0.1) is 0 Å². The highest BCUT2D eigenvalue weighted by molar-refractivity contribution is 5.44. The molecule has 1 atom stereocenters. The third kappa shape index (κ3) is 2.05. The van der Waals surface area contributed by atoms with Crippen LogP contribution in [0.4, 0.5) is 5.69 Å². The lowest BCUT2D eigenvalue weighted by Crippen LogP contribution is -2.42. The second-order valence-electron chi connectivity index (χ2n) is 3.58. The van der Waals surface area contributed by atoms with Crippen molar-refractivity contribution in [3.05, 3.63) is 29.8 Å².